The van der Waals surface area contributed by atoms with Crippen LogP contribution in [0, 0.1) is 11.3 Å². The molecule has 0 unspecified atom stereocenters. The maximum absolute atomic E-state index is 12.4. The zero-order valence-corrected chi connectivity index (χ0v) is 15.6. The first-order chi connectivity index (χ1) is 13.0. The number of amides is 1. The first-order valence-corrected chi connectivity index (χ1v) is 8.42. The predicted molar refractivity (Wildman–Crippen MR) is 99.5 cm³/mol. The predicted octanol–water partition coefficient (Wildman–Crippen LogP) is 2.94. The van der Waals surface area contributed by atoms with Gasteiger partial charge in [0, 0.05) is 16.9 Å². The van der Waals surface area contributed by atoms with Crippen LogP contribution in [0.15, 0.2) is 53.3 Å². The smallest absolute Gasteiger partial charge is 0.340 e. The Morgan fingerprint density at radius 2 is 2.04 bits per heavy atom. The average Bonchev–Trinajstić information content (AvgIpc) is 3.18. The van der Waals surface area contributed by atoms with E-state index in [-0.39, 0.29) is 11.3 Å². The van der Waals surface area contributed by atoms with E-state index in [1.54, 1.807) is 47.3 Å². The second-order valence-electron chi connectivity index (χ2n) is 5.33. The van der Waals surface area contributed by atoms with Crippen LogP contribution < -0.4 is 5.32 Å². The number of ether oxygens (including phenoxy) is 1. The van der Waals surface area contributed by atoms with Crippen molar-refractivity contribution in [3.63, 3.8) is 0 Å². The summed E-state index contributed by atoms with van der Waals surface area (Å²) in [4.78, 5) is 24.3. The van der Waals surface area contributed by atoms with Crippen LogP contribution in [0.25, 0.3) is 5.82 Å². The average molecular weight is 426 g/mol. The van der Waals surface area contributed by atoms with Crippen LogP contribution in [0.2, 0.25) is 0 Å². The zero-order valence-electron chi connectivity index (χ0n) is 14.0. The van der Waals surface area contributed by atoms with Crippen LogP contribution in [0.4, 0.5) is 5.69 Å². The molecular formula is C18H12BrN5O3. The van der Waals surface area contributed by atoms with Gasteiger partial charge in [0.2, 0.25) is 0 Å². The molecule has 0 fully saturated rings. The number of carbonyl (C=O) groups excluding carboxylic acids is 2. The minimum absolute atomic E-state index is 0.0742. The molecule has 134 valence electrons. The summed E-state index contributed by atoms with van der Waals surface area (Å²) in [5, 5.41) is 19.4. The van der Waals surface area contributed by atoms with Gasteiger partial charge in [-0.15, -0.1) is 10.2 Å². The molecule has 0 atom stereocenters. The second-order valence-corrected chi connectivity index (χ2v) is 6.25. The van der Waals surface area contributed by atoms with Gasteiger partial charge >= 0.3 is 5.97 Å². The van der Waals surface area contributed by atoms with E-state index in [4.69, 9.17) is 10.00 Å². The first kappa shape index (κ1) is 18.3. The molecule has 2 aromatic heterocycles. The van der Waals surface area contributed by atoms with E-state index < -0.39 is 11.9 Å². The minimum Gasteiger partial charge on any atom is -0.465 e. The standard InChI is InChI=1S/C18H12BrN5O3/c1-27-18(26)13-8-12(19)2-3-14(13)21-17(25)15-4-5-16(23-22-15)24-7-6-11(9-20)10-24/h2-8,10H,1H3,(H,21,25). The van der Waals surface area contributed by atoms with Crippen molar-refractivity contribution in [3.8, 4) is 11.9 Å². The van der Waals surface area contributed by atoms with Gasteiger partial charge in [0.05, 0.1) is 23.9 Å². The Kier molecular flexibility index (Phi) is 5.28. The molecule has 0 aliphatic heterocycles. The third-order valence-corrected chi connectivity index (χ3v) is 4.10. The fourth-order valence-electron chi connectivity index (χ4n) is 2.28. The number of halogens is 1. The summed E-state index contributed by atoms with van der Waals surface area (Å²) in [6.45, 7) is 0. The lowest BCUT2D eigenvalue weighted by Gasteiger charge is -2.10. The van der Waals surface area contributed by atoms with Gasteiger partial charge in [0.15, 0.2) is 11.5 Å². The van der Waals surface area contributed by atoms with Gasteiger partial charge in [0.25, 0.3) is 5.91 Å². The van der Waals surface area contributed by atoms with Crippen LogP contribution in [-0.2, 0) is 4.74 Å². The summed E-state index contributed by atoms with van der Waals surface area (Å²) in [6.07, 6.45) is 3.28. The van der Waals surface area contributed by atoms with Crippen molar-refractivity contribution in [2.75, 3.05) is 12.4 Å². The molecule has 0 saturated carbocycles. The van der Waals surface area contributed by atoms with Crippen molar-refractivity contribution in [1.29, 1.82) is 5.26 Å². The molecule has 0 aliphatic rings. The van der Waals surface area contributed by atoms with Gasteiger partial charge in [-0.1, -0.05) is 15.9 Å². The summed E-state index contributed by atoms with van der Waals surface area (Å²) in [7, 11) is 1.26. The minimum atomic E-state index is -0.575. The number of esters is 1. The van der Waals surface area contributed by atoms with Gasteiger partial charge in [-0.25, -0.2) is 4.79 Å². The monoisotopic (exact) mass is 425 g/mol. The lowest BCUT2D eigenvalue weighted by molar-refractivity contribution is 0.0602. The number of hydrogen-bond donors (Lipinski definition) is 1. The Hall–Kier alpha value is -3.51. The number of nitrogens with zero attached hydrogens (tertiary/aromatic N) is 4. The van der Waals surface area contributed by atoms with Gasteiger partial charge in [-0.05, 0) is 36.4 Å². The van der Waals surface area contributed by atoms with E-state index in [2.05, 4.69) is 31.4 Å². The van der Waals surface area contributed by atoms with Gasteiger partial charge in [-0.2, -0.15) is 5.26 Å². The van der Waals surface area contributed by atoms with E-state index in [0.29, 0.717) is 21.5 Å². The van der Waals surface area contributed by atoms with E-state index in [0.717, 1.165) is 0 Å². The Labute approximate surface area is 162 Å². The highest BCUT2D eigenvalue weighted by atomic mass is 79.9. The number of rotatable bonds is 4. The molecule has 0 spiro atoms. The highest BCUT2D eigenvalue weighted by molar-refractivity contribution is 9.10. The molecular weight excluding hydrogens is 414 g/mol. The van der Waals surface area contributed by atoms with E-state index in [9.17, 15) is 9.59 Å². The molecule has 8 nitrogen and oxygen atoms in total. The van der Waals surface area contributed by atoms with Crippen molar-refractivity contribution in [1.82, 2.24) is 14.8 Å². The lowest BCUT2D eigenvalue weighted by Crippen LogP contribution is -2.17. The van der Waals surface area contributed by atoms with Crippen LogP contribution >= 0.6 is 15.9 Å². The summed E-state index contributed by atoms with van der Waals surface area (Å²) in [5.41, 5.74) is 1.07. The molecule has 9 heteroatoms. The molecule has 1 aromatic carbocycles. The fraction of sp³-hybridized carbons (Fsp3) is 0.0556. The van der Waals surface area contributed by atoms with E-state index in [1.165, 1.54) is 13.2 Å². The Balaban J connectivity index is 1.81. The van der Waals surface area contributed by atoms with Crippen LogP contribution in [0.3, 0.4) is 0 Å². The van der Waals surface area contributed by atoms with Crippen molar-refractivity contribution < 1.29 is 14.3 Å². The molecule has 27 heavy (non-hydrogen) atoms. The summed E-state index contributed by atoms with van der Waals surface area (Å²) >= 11 is 3.28. The number of anilines is 1. The Bertz CT molecular complexity index is 1050. The SMILES string of the molecule is COC(=O)c1cc(Br)ccc1NC(=O)c1ccc(-n2ccc(C#N)c2)nn1. The fourth-order valence-corrected chi connectivity index (χ4v) is 2.64. The molecule has 0 radical (unpaired) electrons. The number of aromatic nitrogens is 3. The molecule has 3 rings (SSSR count). The lowest BCUT2D eigenvalue weighted by atomic mass is 10.1. The number of nitrogens with one attached hydrogen (secondary N) is 1. The summed E-state index contributed by atoms with van der Waals surface area (Å²) in [5.74, 6) is -0.632. The number of benzene rings is 1. The second kappa shape index (κ2) is 7.80. The Morgan fingerprint density at radius 1 is 1.22 bits per heavy atom. The normalized spacial score (nSPS) is 10.1. The highest BCUT2D eigenvalue weighted by Crippen LogP contribution is 2.22. The quantitative estimate of drug-likeness (QED) is 0.643. The van der Waals surface area contributed by atoms with Gasteiger partial charge in [0.1, 0.15) is 6.07 Å². The van der Waals surface area contributed by atoms with Crippen LogP contribution in [0.1, 0.15) is 26.4 Å². The number of carbonyl (C=O) groups is 2. The van der Waals surface area contributed by atoms with Crippen molar-refractivity contribution in [3.05, 3.63) is 70.1 Å². The topological polar surface area (TPSA) is 110 Å². The van der Waals surface area contributed by atoms with E-state index >= 15 is 0 Å². The van der Waals surface area contributed by atoms with Crippen molar-refractivity contribution in [2.24, 2.45) is 0 Å². The maximum Gasteiger partial charge on any atom is 0.340 e. The molecule has 1 amide bonds. The third-order valence-electron chi connectivity index (χ3n) is 3.60. The molecule has 0 bridgehead atoms. The number of nitriles is 1. The van der Waals surface area contributed by atoms with Gasteiger partial charge < -0.3 is 14.6 Å². The Morgan fingerprint density at radius 3 is 2.67 bits per heavy atom. The zero-order chi connectivity index (χ0) is 19.4. The number of methoxy groups -OCH3 is 1. The molecule has 2 heterocycles. The van der Waals surface area contributed by atoms with Crippen molar-refractivity contribution in [2.45, 2.75) is 0 Å². The summed E-state index contributed by atoms with van der Waals surface area (Å²) < 4.78 is 7.03. The van der Waals surface area contributed by atoms with Crippen LogP contribution in [-0.4, -0.2) is 33.8 Å². The van der Waals surface area contributed by atoms with Crippen molar-refractivity contribution >= 4 is 33.5 Å². The van der Waals surface area contributed by atoms with Crippen LogP contribution in [0.5, 0.6) is 0 Å². The van der Waals surface area contributed by atoms with Gasteiger partial charge in [-0.3, -0.25) is 4.79 Å². The molecule has 0 saturated heterocycles. The third kappa shape index (κ3) is 4.02. The molecule has 3 aromatic rings. The molecule has 1 N–H and O–H groups in total. The first-order valence-electron chi connectivity index (χ1n) is 7.63. The largest absolute Gasteiger partial charge is 0.465 e. The summed E-state index contributed by atoms with van der Waals surface area (Å²) in [6, 6.07) is 11.6. The molecule has 0 aliphatic carbocycles. The number of hydrogen-bond acceptors (Lipinski definition) is 6. The van der Waals surface area contributed by atoms with E-state index in [1.807, 2.05) is 6.07 Å². The maximum atomic E-state index is 12.4. The highest BCUT2D eigenvalue weighted by Gasteiger charge is 2.16.